The van der Waals surface area contributed by atoms with Gasteiger partial charge in [0, 0.05) is 0 Å². The van der Waals surface area contributed by atoms with Crippen LogP contribution in [0.2, 0.25) is 0 Å². The van der Waals surface area contributed by atoms with Crippen molar-refractivity contribution in [1.82, 2.24) is 0 Å². The molecule has 0 heterocycles. The minimum Gasteiger partial charge on any atom is -0.481 e. The molecule has 0 saturated carbocycles. The lowest BCUT2D eigenvalue weighted by Gasteiger charge is -2.09. The van der Waals surface area contributed by atoms with Crippen LogP contribution in [0.4, 0.5) is 0 Å². The van der Waals surface area contributed by atoms with Crippen molar-refractivity contribution in [1.29, 1.82) is 0 Å². The summed E-state index contributed by atoms with van der Waals surface area (Å²) >= 11 is 0. The maximum Gasteiger partial charge on any atom is 0.341 e. The maximum atomic E-state index is 10.3. The fourth-order valence-corrected chi connectivity index (χ4v) is 1.23. The number of para-hydroxylation sites is 1. The summed E-state index contributed by atoms with van der Waals surface area (Å²) in [7, 11) is 0. The van der Waals surface area contributed by atoms with Gasteiger partial charge in [-0.1, -0.05) is 18.2 Å². The van der Waals surface area contributed by atoms with Crippen LogP contribution < -0.4 is 4.74 Å². The van der Waals surface area contributed by atoms with E-state index in [-0.39, 0.29) is 6.61 Å². The van der Waals surface area contributed by atoms with Crippen molar-refractivity contribution in [3.8, 4) is 42.3 Å². The summed E-state index contributed by atoms with van der Waals surface area (Å²) in [5.41, 5.74) is 1.92. The van der Waals surface area contributed by atoms with E-state index >= 15 is 0 Å². The van der Waals surface area contributed by atoms with E-state index < -0.39 is 5.97 Å². The zero-order chi connectivity index (χ0) is 14.7. The second-order valence-corrected chi connectivity index (χ2v) is 3.44. The first-order valence-corrected chi connectivity index (χ1v) is 5.35. The van der Waals surface area contributed by atoms with Crippen molar-refractivity contribution in [2.45, 2.75) is 13.8 Å². The van der Waals surface area contributed by atoms with Crippen LogP contribution in [0.1, 0.15) is 11.1 Å². The average Bonchev–Trinajstić information content (AvgIpc) is 2.36. The fraction of sp³-hybridized carbons (Fsp3) is 0.188. The predicted octanol–water partition coefficient (Wildman–Crippen LogP) is 2.02. The molecule has 0 aliphatic carbocycles. The molecule has 0 bridgehead atoms. The largest absolute Gasteiger partial charge is 0.481 e. The highest BCUT2D eigenvalue weighted by Crippen LogP contribution is 2.21. The fourth-order valence-electron chi connectivity index (χ4n) is 1.23. The Kier molecular flexibility index (Phi) is 7.85. The van der Waals surface area contributed by atoms with Crippen LogP contribution >= 0.6 is 0 Å². The van der Waals surface area contributed by atoms with Crippen LogP contribution in [0, 0.1) is 50.4 Å². The van der Waals surface area contributed by atoms with Crippen molar-refractivity contribution < 1.29 is 14.6 Å². The van der Waals surface area contributed by atoms with Crippen LogP contribution in [0.15, 0.2) is 18.2 Å². The van der Waals surface area contributed by atoms with Gasteiger partial charge < -0.3 is 9.84 Å². The molecule has 0 spiro atoms. The second kappa shape index (κ2) is 9.23. The van der Waals surface area contributed by atoms with Gasteiger partial charge in [-0.05, 0) is 48.7 Å². The Bertz CT molecular complexity index is 536. The molecule has 0 aliphatic heterocycles. The number of benzene rings is 1. The predicted molar refractivity (Wildman–Crippen MR) is 74.5 cm³/mol. The zero-order valence-electron chi connectivity index (χ0n) is 10.9. The molecule has 0 aromatic heterocycles. The van der Waals surface area contributed by atoms with E-state index in [1.165, 1.54) is 0 Å². The minimum atomic E-state index is -0.956. The van der Waals surface area contributed by atoms with Crippen LogP contribution in [0.3, 0.4) is 0 Å². The summed E-state index contributed by atoms with van der Waals surface area (Å²) in [5, 5.41) is 8.43. The van der Waals surface area contributed by atoms with Gasteiger partial charge in [0.15, 0.2) is 6.61 Å². The van der Waals surface area contributed by atoms with Gasteiger partial charge in [-0.15, -0.1) is 12.8 Å². The standard InChI is InChI=1S/C10H12O3.C6H2/c1-7-4-3-5-8(2)10(7)13-6-9(11)12;1-3-5-6-4-2/h3-5H,6H2,1-2H3,(H,11,12);1-2H. The normalized spacial score (nSPS) is 7.58. The summed E-state index contributed by atoms with van der Waals surface area (Å²) in [4.78, 5) is 10.3. The van der Waals surface area contributed by atoms with Gasteiger partial charge in [0.05, 0.1) is 0 Å². The molecule has 1 rings (SSSR count). The number of ether oxygens (including phenoxy) is 1. The Balaban J connectivity index is 0.000000459. The molecule has 3 nitrogen and oxygen atoms in total. The smallest absolute Gasteiger partial charge is 0.341 e. The van der Waals surface area contributed by atoms with Gasteiger partial charge in [0.1, 0.15) is 5.75 Å². The van der Waals surface area contributed by atoms with E-state index in [0.717, 1.165) is 11.1 Å². The number of carbonyl (C=O) groups is 1. The third-order valence-electron chi connectivity index (χ3n) is 1.96. The first kappa shape index (κ1) is 16.2. The summed E-state index contributed by atoms with van der Waals surface area (Å²) in [6.07, 6.45) is 9.39. The van der Waals surface area contributed by atoms with Crippen molar-refractivity contribution in [3.63, 3.8) is 0 Å². The van der Waals surface area contributed by atoms with Crippen molar-refractivity contribution in [3.05, 3.63) is 29.3 Å². The molecule has 0 radical (unpaired) electrons. The number of aliphatic carboxylic acids is 1. The highest BCUT2D eigenvalue weighted by atomic mass is 16.5. The molecule has 0 unspecified atom stereocenters. The highest BCUT2D eigenvalue weighted by Gasteiger charge is 2.04. The Morgan fingerprint density at radius 1 is 1.21 bits per heavy atom. The van der Waals surface area contributed by atoms with Gasteiger partial charge in [-0.2, -0.15) is 0 Å². The number of hydrogen-bond donors (Lipinski definition) is 1. The molecule has 96 valence electrons. The molecule has 0 saturated heterocycles. The topological polar surface area (TPSA) is 46.5 Å². The van der Waals surface area contributed by atoms with Gasteiger partial charge in [0.25, 0.3) is 0 Å². The summed E-state index contributed by atoms with van der Waals surface area (Å²) in [6.45, 7) is 3.50. The maximum absolute atomic E-state index is 10.3. The molecule has 0 atom stereocenters. The molecule has 1 aromatic rings. The molecular formula is C16H14O3. The Morgan fingerprint density at radius 2 is 1.68 bits per heavy atom. The van der Waals surface area contributed by atoms with E-state index in [1.54, 1.807) is 0 Å². The van der Waals surface area contributed by atoms with E-state index in [9.17, 15) is 4.79 Å². The van der Waals surface area contributed by atoms with E-state index in [2.05, 4.69) is 23.7 Å². The first-order valence-electron chi connectivity index (χ1n) is 5.35. The lowest BCUT2D eigenvalue weighted by atomic mass is 10.1. The average molecular weight is 254 g/mol. The van der Waals surface area contributed by atoms with Crippen LogP contribution in [-0.2, 0) is 4.79 Å². The Hall–Kier alpha value is -2.83. The zero-order valence-corrected chi connectivity index (χ0v) is 10.9. The quantitative estimate of drug-likeness (QED) is 0.839. The molecule has 0 amide bonds. The van der Waals surface area contributed by atoms with E-state index in [4.69, 9.17) is 22.7 Å². The molecule has 0 fully saturated rings. The number of carboxylic acids is 1. The summed E-state index contributed by atoms with van der Waals surface area (Å²) in [6, 6.07) is 5.70. The van der Waals surface area contributed by atoms with Crippen LogP contribution in [0.5, 0.6) is 5.75 Å². The highest BCUT2D eigenvalue weighted by molar-refractivity contribution is 5.68. The second-order valence-electron chi connectivity index (χ2n) is 3.44. The number of rotatable bonds is 3. The van der Waals surface area contributed by atoms with Crippen LogP contribution in [0.25, 0.3) is 0 Å². The van der Waals surface area contributed by atoms with Crippen molar-refractivity contribution in [2.75, 3.05) is 6.61 Å². The molecular weight excluding hydrogens is 240 g/mol. The third-order valence-corrected chi connectivity index (χ3v) is 1.96. The number of carboxylic acid groups (broad SMARTS) is 1. The van der Waals surface area contributed by atoms with Crippen molar-refractivity contribution >= 4 is 5.97 Å². The summed E-state index contributed by atoms with van der Waals surface area (Å²) in [5.74, 6) is 8.32. The molecule has 1 aromatic carbocycles. The van der Waals surface area contributed by atoms with Gasteiger partial charge in [0.2, 0.25) is 0 Å². The van der Waals surface area contributed by atoms with E-state index in [0.29, 0.717) is 5.75 Å². The lowest BCUT2D eigenvalue weighted by Crippen LogP contribution is -2.10. The van der Waals surface area contributed by atoms with Crippen LogP contribution in [-0.4, -0.2) is 17.7 Å². The Morgan fingerprint density at radius 3 is 2.05 bits per heavy atom. The van der Waals surface area contributed by atoms with Gasteiger partial charge in [-0.3, -0.25) is 0 Å². The Labute approximate surface area is 113 Å². The number of terminal acetylenes is 2. The SMILES string of the molecule is C#CC#CC#C.Cc1cccc(C)c1OCC(=O)O. The minimum absolute atomic E-state index is 0.286. The van der Waals surface area contributed by atoms with Gasteiger partial charge in [-0.25, -0.2) is 4.79 Å². The summed E-state index contributed by atoms with van der Waals surface area (Å²) < 4.78 is 5.13. The first-order chi connectivity index (χ1) is 9.02. The molecule has 0 aliphatic rings. The third kappa shape index (κ3) is 7.16. The van der Waals surface area contributed by atoms with E-state index in [1.807, 2.05) is 32.0 Å². The van der Waals surface area contributed by atoms with Gasteiger partial charge >= 0.3 is 5.97 Å². The number of hydrogen-bond acceptors (Lipinski definition) is 2. The lowest BCUT2D eigenvalue weighted by molar-refractivity contribution is -0.139. The molecule has 19 heavy (non-hydrogen) atoms. The molecule has 1 N–H and O–H groups in total. The van der Waals surface area contributed by atoms with Crippen molar-refractivity contribution in [2.24, 2.45) is 0 Å². The number of aryl methyl sites for hydroxylation is 2. The molecule has 3 heteroatoms. The monoisotopic (exact) mass is 254 g/mol.